The van der Waals surface area contributed by atoms with Gasteiger partial charge in [-0.3, -0.25) is 30.1 Å². The molecule has 12 heteroatoms. The van der Waals surface area contributed by atoms with Crippen LogP contribution in [0, 0.1) is 11.3 Å². The topological polar surface area (TPSA) is 162 Å². The van der Waals surface area contributed by atoms with Gasteiger partial charge in [0.05, 0.1) is 12.6 Å². The Morgan fingerprint density at radius 3 is 2.51 bits per heavy atom. The van der Waals surface area contributed by atoms with Gasteiger partial charge >= 0.3 is 5.97 Å². The van der Waals surface area contributed by atoms with E-state index < -0.39 is 18.1 Å². The number of nitrogens with two attached hydrogens (primary N) is 1. The molecule has 10 nitrogen and oxygen atoms in total. The molecule has 1 aliphatic carbocycles. The first kappa shape index (κ1) is 30.3. The number of rotatable bonds is 10. The number of nitrogen functional groups attached to an aromatic ring is 1. The smallest absolute Gasteiger partial charge is 0.317 e. The lowest BCUT2D eigenvalue weighted by molar-refractivity contribution is -0.140. The molecule has 0 spiro atoms. The molecule has 194 valence electrons. The molecule has 0 saturated heterocycles. The van der Waals surface area contributed by atoms with E-state index in [1.165, 1.54) is 11.3 Å². The van der Waals surface area contributed by atoms with Crippen molar-refractivity contribution < 1.29 is 19.5 Å². The fourth-order valence-electron chi connectivity index (χ4n) is 4.40. The molecule has 1 saturated carbocycles. The van der Waals surface area contributed by atoms with E-state index >= 15 is 0 Å². The minimum Gasteiger partial charge on any atom is -0.480 e. The number of hydrogen-bond donors (Lipinski definition) is 5. The average molecular weight is 529 g/mol. The predicted octanol–water partition coefficient (Wildman–Crippen LogP) is 1.61. The largest absolute Gasteiger partial charge is 0.480 e. The normalized spacial score (nSPS) is 18.2. The van der Waals surface area contributed by atoms with Gasteiger partial charge in [-0.05, 0) is 24.0 Å². The van der Waals surface area contributed by atoms with Crippen LogP contribution in [0.2, 0.25) is 0 Å². The summed E-state index contributed by atoms with van der Waals surface area (Å²) in [5, 5.41) is 22.2. The molecule has 6 N–H and O–H groups in total. The summed E-state index contributed by atoms with van der Waals surface area (Å²) in [6.07, 6.45) is 11.1. The highest BCUT2D eigenvalue weighted by Gasteiger charge is 2.35. The van der Waals surface area contributed by atoms with Crippen molar-refractivity contribution in [2.45, 2.75) is 57.2 Å². The summed E-state index contributed by atoms with van der Waals surface area (Å²) < 4.78 is 0. The van der Waals surface area contributed by atoms with Gasteiger partial charge in [0.2, 0.25) is 11.8 Å². The first-order valence-electron chi connectivity index (χ1n) is 11.3. The van der Waals surface area contributed by atoms with Crippen molar-refractivity contribution in [2.24, 2.45) is 11.7 Å². The van der Waals surface area contributed by atoms with E-state index in [9.17, 15) is 14.4 Å². The Balaban J connectivity index is 0.00000306. The van der Waals surface area contributed by atoms with E-state index in [1.807, 2.05) is 0 Å². The van der Waals surface area contributed by atoms with Gasteiger partial charge in [-0.2, -0.15) is 0 Å². The quantitative estimate of drug-likeness (QED) is 0.175. The SMILES string of the molecule is Cl.Cl.N=C(N)c1ccc(CNC(=O)[C@@H]2C=CCN2C(=O)[C@@H](CC2CCCCC2)NCC(=O)O)cn1. The zero-order valence-electron chi connectivity index (χ0n) is 19.4. The monoisotopic (exact) mass is 528 g/mol. The lowest BCUT2D eigenvalue weighted by atomic mass is 9.84. The molecule has 2 aliphatic rings. The zero-order valence-corrected chi connectivity index (χ0v) is 21.1. The molecule has 35 heavy (non-hydrogen) atoms. The third kappa shape index (κ3) is 8.79. The number of aromatic nitrogens is 1. The summed E-state index contributed by atoms with van der Waals surface area (Å²) in [5.74, 6) is -1.34. The minimum atomic E-state index is -1.02. The molecule has 0 radical (unpaired) electrons. The fourth-order valence-corrected chi connectivity index (χ4v) is 4.40. The number of amides is 2. The van der Waals surface area contributed by atoms with E-state index in [2.05, 4.69) is 15.6 Å². The van der Waals surface area contributed by atoms with Crippen LogP contribution in [0.25, 0.3) is 0 Å². The Labute approximate surface area is 217 Å². The predicted molar refractivity (Wildman–Crippen MR) is 137 cm³/mol. The van der Waals surface area contributed by atoms with Crippen LogP contribution in [0.3, 0.4) is 0 Å². The number of aliphatic carboxylic acids is 1. The highest BCUT2D eigenvalue weighted by atomic mass is 35.5. The molecule has 1 fully saturated rings. The van der Waals surface area contributed by atoms with E-state index in [0.717, 1.165) is 31.2 Å². The van der Waals surface area contributed by atoms with E-state index in [4.69, 9.17) is 16.2 Å². The second-order valence-corrected chi connectivity index (χ2v) is 8.61. The van der Waals surface area contributed by atoms with Crippen LogP contribution in [-0.4, -0.2) is 63.8 Å². The molecular formula is C23H34Cl2N6O4. The summed E-state index contributed by atoms with van der Waals surface area (Å²) in [6.45, 7) is 0.228. The van der Waals surface area contributed by atoms with Crippen molar-refractivity contribution in [3.8, 4) is 0 Å². The van der Waals surface area contributed by atoms with Crippen LogP contribution in [0.4, 0.5) is 0 Å². The van der Waals surface area contributed by atoms with Crippen LogP contribution >= 0.6 is 24.8 Å². The van der Waals surface area contributed by atoms with Gasteiger partial charge in [0.25, 0.3) is 0 Å². The third-order valence-electron chi connectivity index (χ3n) is 6.17. The van der Waals surface area contributed by atoms with Crippen LogP contribution in [0.5, 0.6) is 0 Å². The van der Waals surface area contributed by atoms with Crippen LogP contribution in [-0.2, 0) is 20.9 Å². The van der Waals surface area contributed by atoms with E-state index in [1.54, 1.807) is 30.5 Å². The second kappa shape index (κ2) is 14.7. The molecule has 2 heterocycles. The summed E-state index contributed by atoms with van der Waals surface area (Å²) >= 11 is 0. The van der Waals surface area contributed by atoms with Gasteiger partial charge in [-0.15, -0.1) is 24.8 Å². The van der Waals surface area contributed by atoms with Crippen molar-refractivity contribution in [2.75, 3.05) is 13.1 Å². The molecular weight excluding hydrogens is 495 g/mol. The Morgan fingerprint density at radius 2 is 1.91 bits per heavy atom. The maximum Gasteiger partial charge on any atom is 0.317 e. The number of carboxylic acids is 1. The van der Waals surface area contributed by atoms with Gasteiger partial charge < -0.3 is 21.1 Å². The average Bonchev–Trinajstić information content (AvgIpc) is 3.30. The number of carbonyl (C=O) groups is 3. The maximum atomic E-state index is 13.3. The molecule has 1 aliphatic heterocycles. The molecule has 3 rings (SSSR count). The number of pyridine rings is 1. The molecule has 0 unspecified atom stereocenters. The number of halogens is 2. The standard InChI is InChI=1S/C23H32N6O4.2ClH/c24-21(25)17-9-8-16(12-26-17)13-28-22(32)19-7-4-10-29(19)23(33)18(27-14-20(30)31)11-15-5-2-1-3-6-15;;/h4,7-9,12,15,18-19,27H,1-3,5-6,10-11,13-14H2,(H3,24,25)(H,28,32)(H,30,31);2*1H/t18-,19+;;/m1../s1. The van der Waals surface area contributed by atoms with E-state index in [0.29, 0.717) is 24.6 Å². The summed E-state index contributed by atoms with van der Waals surface area (Å²) in [4.78, 5) is 42.8. The van der Waals surface area contributed by atoms with Gasteiger partial charge in [0, 0.05) is 19.3 Å². The van der Waals surface area contributed by atoms with Crippen LogP contribution in [0.1, 0.15) is 49.8 Å². The molecule has 0 aromatic carbocycles. The van der Waals surface area contributed by atoms with Gasteiger partial charge in [-0.25, -0.2) is 0 Å². The van der Waals surface area contributed by atoms with Gasteiger partial charge in [0.1, 0.15) is 17.6 Å². The number of nitrogens with one attached hydrogen (secondary N) is 3. The minimum absolute atomic E-state index is 0. The van der Waals surface area contributed by atoms with Crippen molar-refractivity contribution in [3.63, 3.8) is 0 Å². The lowest BCUT2D eigenvalue weighted by Gasteiger charge is -2.31. The summed E-state index contributed by atoms with van der Waals surface area (Å²) in [6, 6.07) is 1.96. The number of hydrogen-bond acceptors (Lipinski definition) is 6. The highest BCUT2D eigenvalue weighted by molar-refractivity contribution is 5.93. The highest BCUT2D eigenvalue weighted by Crippen LogP contribution is 2.28. The summed E-state index contributed by atoms with van der Waals surface area (Å²) in [5.41, 5.74) is 6.50. The Bertz CT molecular complexity index is 906. The molecule has 1 aromatic heterocycles. The summed E-state index contributed by atoms with van der Waals surface area (Å²) in [7, 11) is 0. The maximum absolute atomic E-state index is 13.3. The van der Waals surface area contributed by atoms with Crippen LogP contribution in [0.15, 0.2) is 30.5 Å². The lowest BCUT2D eigenvalue weighted by Crippen LogP contribution is -2.53. The zero-order chi connectivity index (χ0) is 23.8. The van der Waals surface area contributed by atoms with Gasteiger partial charge in [0.15, 0.2) is 0 Å². The number of carbonyl (C=O) groups excluding carboxylic acids is 2. The van der Waals surface area contributed by atoms with Crippen molar-refractivity contribution >= 4 is 48.4 Å². The Kier molecular flexibility index (Phi) is 12.7. The number of amidine groups is 1. The van der Waals surface area contributed by atoms with Crippen LogP contribution < -0.4 is 16.4 Å². The molecule has 0 bridgehead atoms. The second-order valence-electron chi connectivity index (χ2n) is 8.61. The van der Waals surface area contributed by atoms with Crippen molar-refractivity contribution in [1.82, 2.24) is 20.5 Å². The van der Waals surface area contributed by atoms with E-state index in [-0.39, 0.29) is 55.6 Å². The molecule has 2 amide bonds. The Morgan fingerprint density at radius 1 is 1.20 bits per heavy atom. The number of nitrogens with zero attached hydrogens (tertiary/aromatic N) is 2. The van der Waals surface area contributed by atoms with Crippen molar-refractivity contribution in [1.29, 1.82) is 5.41 Å². The molecule has 1 aromatic rings. The third-order valence-corrected chi connectivity index (χ3v) is 6.17. The van der Waals surface area contributed by atoms with Crippen molar-refractivity contribution in [3.05, 3.63) is 41.7 Å². The first-order chi connectivity index (χ1) is 15.8. The Hall–Kier alpha value is -2.69. The van der Waals surface area contributed by atoms with Gasteiger partial charge in [-0.1, -0.05) is 50.3 Å². The molecule has 2 atom stereocenters. The number of carboxylic acid groups (broad SMARTS) is 1. The first-order valence-corrected chi connectivity index (χ1v) is 11.3. The fraction of sp³-hybridized carbons (Fsp3) is 0.522.